The summed E-state index contributed by atoms with van der Waals surface area (Å²) in [6.45, 7) is 2.33. The fourth-order valence-electron chi connectivity index (χ4n) is 2.42. The Kier molecular flexibility index (Phi) is 7.28. The molecule has 1 aliphatic rings. The smallest absolute Gasteiger partial charge is 0.238 e. The summed E-state index contributed by atoms with van der Waals surface area (Å²) in [4.78, 5) is 11.8. The zero-order valence-corrected chi connectivity index (χ0v) is 13.9. The van der Waals surface area contributed by atoms with Gasteiger partial charge < -0.3 is 10.6 Å². The number of rotatable bonds is 6. The third-order valence-electron chi connectivity index (χ3n) is 3.66. The average molecular weight is 348 g/mol. The van der Waals surface area contributed by atoms with Crippen LogP contribution in [0.5, 0.6) is 0 Å². The van der Waals surface area contributed by atoms with Gasteiger partial charge in [-0.3, -0.25) is 4.79 Å². The number of carbonyl (C=O) groups is 1. The van der Waals surface area contributed by atoms with Crippen LogP contribution in [0.25, 0.3) is 0 Å². The van der Waals surface area contributed by atoms with Crippen molar-refractivity contribution in [3.8, 4) is 0 Å². The first-order chi connectivity index (χ1) is 9.95. The van der Waals surface area contributed by atoms with Gasteiger partial charge in [-0.1, -0.05) is 12.1 Å². The molecule has 1 atom stereocenters. The summed E-state index contributed by atoms with van der Waals surface area (Å²) in [6.07, 6.45) is 2.51. The van der Waals surface area contributed by atoms with E-state index < -0.39 is 10.0 Å². The van der Waals surface area contributed by atoms with Crippen molar-refractivity contribution in [1.29, 1.82) is 0 Å². The van der Waals surface area contributed by atoms with Gasteiger partial charge in [0, 0.05) is 13.0 Å². The van der Waals surface area contributed by atoms with Crippen LogP contribution in [0.4, 0.5) is 0 Å². The van der Waals surface area contributed by atoms with Gasteiger partial charge in [0.2, 0.25) is 15.9 Å². The predicted octanol–water partition coefficient (Wildman–Crippen LogP) is 0.762. The van der Waals surface area contributed by atoms with E-state index in [2.05, 4.69) is 10.6 Å². The molecule has 22 heavy (non-hydrogen) atoms. The van der Waals surface area contributed by atoms with Crippen LogP contribution < -0.4 is 15.8 Å². The Hall–Kier alpha value is -1.15. The lowest BCUT2D eigenvalue weighted by Gasteiger charge is -2.09. The average Bonchev–Trinajstić information content (AvgIpc) is 2.95. The van der Waals surface area contributed by atoms with Crippen LogP contribution in [-0.2, 0) is 21.4 Å². The number of nitrogens with one attached hydrogen (secondary N) is 2. The highest BCUT2D eigenvalue weighted by Gasteiger charge is 2.15. The van der Waals surface area contributed by atoms with E-state index in [1.165, 1.54) is 12.1 Å². The number of carbonyl (C=O) groups excluding carboxylic acids is 1. The second-order valence-corrected chi connectivity index (χ2v) is 6.93. The van der Waals surface area contributed by atoms with Crippen molar-refractivity contribution in [3.63, 3.8) is 0 Å². The van der Waals surface area contributed by atoms with Gasteiger partial charge in [0.25, 0.3) is 0 Å². The molecule has 0 spiro atoms. The molecule has 2 rings (SSSR count). The molecular formula is C14H22ClN3O3S. The maximum atomic E-state index is 11.8. The first kappa shape index (κ1) is 18.9. The van der Waals surface area contributed by atoms with Gasteiger partial charge in [-0.25, -0.2) is 13.6 Å². The van der Waals surface area contributed by atoms with E-state index in [-0.39, 0.29) is 23.2 Å². The molecule has 0 bridgehead atoms. The third kappa shape index (κ3) is 5.92. The van der Waals surface area contributed by atoms with Crippen molar-refractivity contribution in [2.24, 2.45) is 11.1 Å². The Morgan fingerprint density at radius 2 is 2.18 bits per heavy atom. The van der Waals surface area contributed by atoms with Crippen molar-refractivity contribution < 1.29 is 13.2 Å². The molecule has 1 amide bonds. The minimum Gasteiger partial charge on any atom is -0.352 e. The lowest BCUT2D eigenvalue weighted by molar-refractivity contribution is -0.121. The molecule has 1 heterocycles. The zero-order chi connectivity index (χ0) is 15.3. The van der Waals surface area contributed by atoms with E-state index in [1.54, 1.807) is 12.1 Å². The largest absolute Gasteiger partial charge is 0.352 e. The summed E-state index contributed by atoms with van der Waals surface area (Å²) >= 11 is 0. The van der Waals surface area contributed by atoms with Crippen LogP contribution in [0, 0.1) is 5.92 Å². The Morgan fingerprint density at radius 3 is 2.82 bits per heavy atom. The summed E-state index contributed by atoms with van der Waals surface area (Å²) < 4.78 is 22.5. The standard InChI is InChI=1S/C14H21N3O3S.ClH/c15-21(19,20)13-3-1-2-12(8-13)10-17-14(18)5-4-11-6-7-16-9-11;/h1-3,8,11,16H,4-7,9-10H2,(H,17,18)(H2,15,19,20);1H. The molecule has 0 saturated carbocycles. The topological polar surface area (TPSA) is 101 Å². The summed E-state index contributed by atoms with van der Waals surface area (Å²) in [6, 6.07) is 6.30. The SMILES string of the molecule is Cl.NS(=O)(=O)c1cccc(CNC(=O)CCC2CCNC2)c1. The molecule has 1 saturated heterocycles. The van der Waals surface area contributed by atoms with E-state index >= 15 is 0 Å². The maximum absolute atomic E-state index is 11.8. The number of nitrogens with two attached hydrogens (primary N) is 1. The summed E-state index contributed by atoms with van der Waals surface area (Å²) in [5.41, 5.74) is 0.720. The van der Waals surface area contributed by atoms with Crippen molar-refractivity contribution >= 4 is 28.3 Å². The predicted molar refractivity (Wildman–Crippen MR) is 87.1 cm³/mol. The fraction of sp³-hybridized carbons (Fsp3) is 0.500. The minimum atomic E-state index is -3.70. The first-order valence-electron chi connectivity index (χ1n) is 7.04. The Morgan fingerprint density at radius 1 is 1.41 bits per heavy atom. The molecule has 6 nitrogen and oxygen atoms in total. The Bertz CT molecular complexity index is 601. The van der Waals surface area contributed by atoms with Crippen molar-refractivity contribution in [1.82, 2.24) is 10.6 Å². The Balaban J connectivity index is 0.00000242. The van der Waals surface area contributed by atoms with E-state index in [0.717, 1.165) is 31.5 Å². The zero-order valence-electron chi connectivity index (χ0n) is 12.2. The first-order valence-corrected chi connectivity index (χ1v) is 8.59. The fourth-order valence-corrected chi connectivity index (χ4v) is 3.00. The lowest BCUT2D eigenvalue weighted by atomic mass is 10.0. The molecule has 0 radical (unpaired) electrons. The van der Waals surface area contributed by atoms with E-state index in [4.69, 9.17) is 5.14 Å². The van der Waals surface area contributed by atoms with E-state index in [0.29, 0.717) is 18.9 Å². The van der Waals surface area contributed by atoms with Crippen LogP contribution in [0.1, 0.15) is 24.8 Å². The minimum absolute atomic E-state index is 0. The van der Waals surface area contributed by atoms with Gasteiger partial charge in [-0.05, 0) is 49.5 Å². The quantitative estimate of drug-likeness (QED) is 0.707. The monoisotopic (exact) mass is 347 g/mol. The molecule has 0 aliphatic carbocycles. The highest BCUT2D eigenvalue weighted by molar-refractivity contribution is 7.89. The molecule has 4 N–H and O–H groups in total. The number of benzene rings is 1. The highest BCUT2D eigenvalue weighted by atomic mass is 35.5. The number of halogens is 1. The number of sulfonamides is 1. The van der Waals surface area contributed by atoms with Gasteiger partial charge in [0.1, 0.15) is 0 Å². The molecule has 124 valence electrons. The highest BCUT2D eigenvalue weighted by Crippen LogP contribution is 2.14. The Labute approximate surface area is 137 Å². The van der Waals surface area contributed by atoms with E-state index in [1.807, 2.05) is 0 Å². The van der Waals surface area contributed by atoms with Gasteiger partial charge in [-0.2, -0.15) is 0 Å². The third-order valence-corrected chi connectivity index (χ3v) is 4.57. The molecule has 0 aromatic heterocycles. The second-order valence-electron chi connectivity index (χ2n) is 5.37. The maximum Gasteiger partial charge on any atom is 0.238 e. The van der Waals surface area contributed by atoms with Crippen LogP contribution in [-0.4, -0.2) is 27.4 Å². The van der Waals surface area contributed by atoms with Crippen LogP contribution in [0.2, 0.25) is 0 Å². The number of primary sulfonamides is 1. The molecule has 1 aromatic carbocycles. The summed E-state index contributed by atoms with van der Waals surface area (Å²) in [5, 5.41) is 11.2. The lowest BCUT2D eigenvalue weighted by Crippen LogP contribution is -2.23. The number of hydrogen-bond donors (Lipinski definition) is 3. The van der Waals surface area contributed by atoms with Crippen molar-refractivity contribution in [2.45, 2.75) is 30.7 Å². The molecule has 1 aliphatic heterocycles. The van der Waals surface area contributed by atoms with Crippen LogP contribution in [0.15, 0.2) is 29.2 Å². The molecular weight excluding hydrogens is 326 g/mol. The normalized spacial score (nSPS) is 17.8. The van der Waals surface area contributed by atoms with Gasteiger partial charge >= 0.3 is 0 Å². The van der Waals surface area contributed by atoms with Gasteiger partial charge in [0.05, 0.1) is 4.90 Å². The van der Waals surface area contributed by atoms with Crippen molar-refractivity contribution in [2.75, 3.05) is 13.1 Å². The van der Waals surface area contributed by atoms with Gasteiger partial charge in [-0.15, -0.1) is 12.4 Å². The number of amides is 1. The molecule has 8 heteroatoms. The summed E-state index contributed by atoms with van der Waals surface area (Å²) in [7, 11) is -3.70. The van der Waals surface area contributed by atoms with Crippen LogP contribution >= 0.6 is 12.4 Å². The van der Waals surface area contributed by atoms with Crippen molar-refractivity contribution in [3.05, 3.63) is 29.8 Å². The summed E-state index contributed by atoms with van der Waals surface area (Å²) in [5.74, 6) is 0.573. The van der Waals surface area contributed by atoms with Gasteiger partial charge in [0.15, 0.2) is 0 Å². The molecule has 1 aromatic rings. The van der Waals surface area contributed by atoms with E-state index in [9.17, 15) is 13.2 Å². The number of hydrogen-bond acceptors (Lipinski definition) is 4. The molecule has 1 fully saturated rings. The molecule has 1 unspecified atom stereocenters. The van der Waals surface area contributed by atoms with Crippen LogP contribution in [0.3, 0.4) is 0 Å². The second kappa shape index (κ2) is 8.47.